The molecule has 1 aliphatic rings. The molecule has 0 aromatic carbocycles. The van der Waals surface area contributed by atoms with Gasteiger partial charge in [0.15, 0.2) is 0 Å². The molecule has 3 heteroatoms. The number of nitrogens with one attached hydrogen (secondary N) is 1. The molecule has 0 amide bonds. The number of allylic oxidation sites excluding steroid dienone is 3. The van der Waals surface area contributed by atoms with Gasteiger partial charge in [-0.15, -0.1) is 0 Å². The fourth-order valence-corrected chi connectivity index (χ4v) is 3.06. The summed E-state index contributed by atoms with van der Waals surface area (Å²) in [4.78, 5) is 0. The summed E-state index contributed by atoms with van der Waals surface area (Å²) in [5.41, 5.74) is 3.86. The normalized spacial score (nSPS) is 16.2. The molecule has 120 valence electrons. The van der Waals surface area contributed by atoms with Gasteiger partial charge in [-0.1, -0.05) is 58.6 Å². The summed E-state index contributed by atoms with van der Waals surface area (Å²) in [5, 5.41) is 3.64. The van der Waals surface area contributed by atoms with Crippen LogP contribution in [0.1, 0.15) is 72.1 Å². The second-order valence-corrected chi connectivity index (χ2v) is 6.39. The summed E-state index contributed by atoms with van der Waals surface area (Å²) in [5.74, 6) is 1.09. The Balaban J connectivity index is 2.65. The van der Waals surface area contributed by atoms with E-state index in [2.05, 4.69) is 38.2 Å². The van der Waals surface area contributed by atoms with Crippen LogP contribution in [0.3, 0.4) is 0 Å². The van der Waals surface area contributed by atoms with E-state index in [9.17, 15) is 0 Å². The maximum atomic E-state index is 4.78. The molecule has 0 bridgehead atoms. The lowest BCUT2D eigenvalue weighted by Crippen LogP contribution is -2.22. The van der Waals surface area contributed by atoms with Gasteiger partial charge in [0, 0.05) is 12.3 Å². The van der Waals surface area contributed by atoms with Crippen molar-refractivity contribution in [3.63, 3.8) is 0 Å². The largest absolute Gasteiger partial charge is 0.384 e. The highest BCUT2D eigenvalue weighted by atomic mass is 32.2. The van der Waals surface area contributed by atoms with Gasteiger partial charge in [0.2, 0.25) is 0 Å². The number of rotatable bonds is 10. The molecule has 0 saturated carbocycles. The minimum Gasteiger partial charge on any atom is -0.384 e. The van der Waals surface area contributed by atoms with E-state index in [0.29, 0.717) is 0 Å². The van der Waals surface area contributed by atoms with Crippen molar-refractivity contribution in [3.8, 4) is 0 Å². The van der Waals surface area contributed by atoms with Crippen LogP contribution in [0.15, 0.2) is 27.8 Å². The van der Waals surface area contributed by atoms with Crippen LogP contribution in [-0.2, 0) is 0 Å². The molecule has 0 atom stereocenters. The second kappa shape index (κ2) is 11.9. The van der Waals surface area contributed by atoms with Crippen molar-refractivity contribution in [2.24, 2.45) is 4.40 Å². The van der Waals surface area contributed by atoms with Gasteiger partial charge in [-0.25, -0.2) is 4.40 Å². The molecule has 0 aromatic rings. The molecule has 0 aliphatic carbocycles. The van der Waals surface area contributed by atoms with E-state index in [1.54, 1.807) is 11.9 Å². The van der Waals surface area contributed by atoms with Gasteiger partial charge in [-0.05, 0) is 43.2 Å². The van der Waals surface area contributed by atoms with E-state index >= 15 is 0 Å². The summed E-state index contributed by atoms with van der Waals surface area (Å²) >= 11 is 1.71. The summed E-state index contributed by atoms with van der Waals surface area (Å²) in [6.45, 7) is 7.80. The number of nitrogens with zero attached hydrogens (tertiary/aromatic N) is 1. The van der Waals surface area contributed by atoms with Gasteiger partial charge in [-0.3, -0.25) is 0 Å². The van der Waals surface area contributed by atoms with E-state index in [-0.39, 0.29) is 0 Å². The standard InChI is InChI=1S/C18H32N2S/c1-4-7-9-10-14-19-17-13-11-15-21-20-18(17)16(6-3)12-8-5-2/h12-13,19H,4-11,14-15H2,1-3H3/b16-12+. The summed E-state index contributed by atoms with van der Waals surface area (Å²) < 4.78 is 4.78. The van der Waals surface area contributed by atoms with Crippen molar-refractivity contribution in [2.75, 3.05) is 12.3 Å². The van der Waals surface area contributed by atoms with Crippen LogP contribution in [0.5, 0.6) is 0 Å². The summed E-state index contributed by atoms with van der Waals surface area (Å²) in [7, 11) is 0. The zero-order valence-corrected chi connectivity index (χ0v) is 14.9. The zero-order valence-electron chi connectivity index (χ0n) is 14.1. The number of unbranched alkanes of at least 4 members (excludes halogenated alkanes) is 4. The van der Waals surface area contributed by atoms with Crippen molar-refractivity contribution in [1.82, 2.24) is 5.32 Å². The van der Waals surface area contributed by atoms with Crippen LogP contribution >= 0.6 is 11.9 Å². The van der Waals surface area contributed by atoms with Crippen LogP contribution in [-0.4, -0.2) is 18.0 Å². The predicted molar refractivity (Wildman–Crippen MR) is 98.0 cm³/mol. The Morgan fingerprint density at radius 3 is 2.81 bits per heavy atom. The van der Waals surface area contributed by atoms with Crippen molar-refractivity contribution >= 4 is 17.7 Å². The lowest BCUT2D eigenvalue weighted by atomic mass is 10.0. The quantitative estimate of drug-likeness (QED) is 0.415. The Morgan fingerprint density at radius 1 is 1.24 bits per heavy atom. The average Bonchev–Trinajstić information content (AvgIpc) is 2.74. The molecule has 0 radical (unpaired) electrons. The van der Waals surface area contributed by atoms with Crippen molar-refractivity contribution < 1.29 is 0 Å². The maximum Gasteiger partial charge on any atom is 0.0969 e. The van der Waals surface area contributed by atoms with Crippen LogP contribution in [0, 0.1) is 0 Å². The van der Waals surface area contributed by atoms with Crippen molar-refractivity contribution in [1.29, 1.82) is 0 Å². The Kier molecular flexibility index (Phi) is 10.4. The Hall–Kier alpha value is -0.700. The van der Waals surface area contributed by atoms with Crippen LogP contribution in [0.25, 0.3) is 0 Å². The van der Waals surface area contributed by atoms with E-state index in [1.165, 1.54) is 49.1 Å². The summed E-state index contributed by atoms with van der Waals surface area (Å²) in [6, 6.07) is 0. The molecule has 21 heavy (non-hydrogen) atoms. The molecule has 0 unspecified atom stereocenters. The number of hydrogen-bond donors (Lipinski definition) is 1. The van der Waals surface area contributed by atoms with Crippen LogP contribution < -0.4 is 5.32 Å². The molecular weight excluding hydrogens is 276 g/mol. The van der Waals surface area contributed by atoms with Gasteiger partial charge in [0.25, 0.3) is 0 Å². The molecule has 2 nitrogen and oxygen atoms in total. The van der Waals surface area contributed by atoms with E-state index in [1.807, 2.05) is 0 Å². The second-order valence-electron chi connectivity index (χ2n) is 5.54. The van der Waals surface area contributed by atoms with Gasteiger partial charge in [0.1, 0.15) is 0 Å². The topological polar surface area (TPSA) is 24.4 Å². The molecule has 0 aromatic heterocycles. The van der Waals surface area contributed by atoms with Crippen molar-refractivity contribution in [3.05, 3.63) is 23.4 Å². The van der Waals surface area contributed by atoms with Crippen LogP contribution in [0.4, 0.5) is 0 Å². The lowest BCUT2D eigenvalue weighted by molar-refractivity contribution is 0.640. The summed E-state index contributed by atoms with van der Waals surface area (Å²) in [6.07, 6.45) is 14.5. The Bertz CT molecular complexity index is 369. The molecule has 1 aliphatic heterocycles. The third-order valence-corrected chi connectivity index (χ3v) is 4.41. The highest BCUT2D eigenvalue weighted by Gasteiger charge is 2.13. The highest BCUT2D eigenvalue weighted by molar-refractivity contribution is 7.98. The first-order valence-corrected chi connectivity index (χ1v) is 9.61. The third kappa shape index (κ3) is 7.21. The van der Waals surface area contributed by atoms with Crippen molar-refractivity contribution in [2.45, 2.75) is 72.1 Å². The first kappa shape index (κ1) is 18.3. The fraction of sp³-hybridized carbons (Fsp3) is 0.722. The van der Waals surface area contributed by atoms with Gasteiger partial charge in [0.05, 0.1) is 11.4 Å². The minimum absolute atomic E-state index is 1.06. The Morgan fingerprint density at radius 2 is 2.10 bits per heavy atom. The molecule has 1 rings (SSSR count). The van der Waals surface area contributed by atoms with Crippen LogP contribution in [0.2, 0.25) is 0 Å². The smallest absolute Gasteiger partial charge is 0.0969 e. The first-order valence-electron chi connectivity index (χ1n) is 8.67. The van der Waals surface area contributed by atoms with Gasteiger partial charge >= 0.3 is 0 Å². The van der Waals surface area contributed by atoms with E-state index < -0.39 is 0 Å². The SMILES string of the molecule is CCC/C=C(\CC)C1=NSCCC=C1NCCCCCC. The monoisotopic (exact) mass is 308 g/mol. The lowest BCUT2D eigenvalue weighted by Gasteiger charge is -2.15. The molecule has 1 heterocycles. The highest BCUT2D eigenvalue weighted by Crippen LogP contribution is 2.20. The molecule has 0 spiro atoms. The minimum atomic E-state index is 1.06. The molecule has 0 saturated heterocycles. The molecular formula is C18H32N2S. The average molecular weight is 309 g/mol. The van der Waals surface area contributed by atoms with E-state index in [0.717, 1.165) is 31.6 Å². The van der Waals surface area contributed by atoms with E-state index in [4.69, 9.17) is 4.40 Å². The fourth-order valence-electron chi connectivity index (χ4n) is 2.40. The van der Waals surface area contributed by atoms with Gasteiger partial charge in [-0.2, -0.15) is 0 Å². The van der Waals surface area contributed by atoms with Gasteiger partial charge < -0.3 is 5.32 Å². The third-order valence-electron chi connectivity index (χ3n) is 3.68. The predicted octanol–water partition coefficient (Wildman–Crippen LogP) is 5.67. The maximum absolute atomic E-state index is 4.78. The Labute approximate surface area is 135 Å². The number of hydrogen-bond acceptors (Lipinski definition) is 3. The molecule has 0 fully saturated rings. The first-order chi connectivity index (χ1) is 10.3. The molecule has 1 N–H and O–H groups in total. The zero-order chi connectivity index (χ0) is 15.3.